The van der Waals surface area contributed by atoms with Crippen molar-refractivity contribution in [2.45, 2.75) is 52.5 Å². The molecule has 2 heterocycles. The van der Waals surface area contributed by atoms with Gasteiger partial charge in [0.15, 0.2) is 0 Å². The molecule has 6 nitrogen and oxygen atoms in total. The van der Waals surface area contributed by atoms with Gasteiger partial charge in [0.2, 0.25) is 17.7 Å². The molecular formula is C22H30BrN3O3. The zero-order chi connectivity index (χ0) is 21.3. The third-order valence-corrected chi connectivity index (χ3v) is 6.40. The molecule has 0 aromatic heterocycles. The van der Waals surface area contributed by atoms with Gasteiger partial charge in [-0.1, -0.05) is 15.9 Å². The van der Waals surface area contributed by atoms with Gasteiger partial charge in [-0.15, -0.1) is 0 Å². The highest BCUT2D eigenvalue weighted by molar-refractivity contribution is 9.10. The first-order valence-corrected chi connectivity index (χ1v) is 11.0. The molecule has 0 radical (unpaired) electrons. The Balaban J connectivity index is 1.53. The number of hydrogen-bond acceptors (Lipinski definition) is 3. The number of likely N-dealkylation sites (tertiary alicyclic amines) is 2. The summed E-state index contributed by atoms with van der Waals surface area (Å²) in [6.07, 6.45) is 1.59. The molecule has 3 amide bonds. The van der Waals surface area contributed by atoms with Crippen molar-refractivity contribution in [1.29, 1.82) is 0 Å². The van der Waals surface area contributed by atoms with Gasteiger partial charge < -0.3 is 15.1 Å². The summed E-state index contributed by atoms with van der Waals surface area (Å²) in [6, 6.07) is 5.78. The highest BCUT2D eigenvalue weighted by Crippen LogP contribution is 2.29. The van der Waals surface area contributed by atoms with Crippen molar-refractivity contribution in [2.24, 2.45) is 11.8 Å². The maximum atomic E-state index is 12.9. The van der Waals surface area contributed by atoms with E-state index in [9.17, 15) is 14.4 Å². The molecule has 3 rings (SSSR count). The fraction of sp³-hybridized carbons (Fsp3) is 0.591. The van der Waals surface area contributed by atoms with E-state index in [1.54, 1.807) is 4.90 Å². The van der Waals surface area contributed by atoms with Crippen LogP contribution in [-0.2, 0) is 14.4 Å². The van der Waals surface area contributed by atoms with E-state index in [1.807, 2.05) is 50.8 Å². The van der Waals surface area contributed by atoms with Crippen molar-refractivity contribution >= 4 is 39.3 Å². The summed E-state index contributed by atoms with van der Waals surface area (Å²) in [5, 5.41) is 3.02. The molecule has 0 bridgehead atoms. The van der Waals surface area contributed by atoms with Gasteiger partial charge in [0.25, 0.3) is 0 Å². The Kier molecular flexibility index (Phi) is 6.36. The quantitative estimate of drug-likeness (QED) is 0.744. The van der Waals surface area contributed by atoms with Crippen LogP contribution in [0.2, 0.25) is 0 Å². The first-order valence-electron chi connectivity index (χ1n) is 10.2. The number of carbonyl (C=O) groups excluding carboxylic acids is 3. The molecule has 7 heteroatoms. The normalized spacial score (nSPS) is 20.9. The molecule has 0 spiro atoms. The minimum absolute atomic E-state index is 0.0115. The van der Waals surface area contributed by atoms with Crippen LogP contribution in [-0.4, -0.2) is 52.7 Å². The molecule has 1 N–H and O–H groups in total. The van der Waals surface area contributed by atoms with Crippen LogP contribution in [0.1, 0.15) is 45.6 Å². The average molecular weight is 464 g/mol. The zero-order valence-corrected chi connectivity index (χ0v) is 19.2. The molecule has 1 unspecified atom stereocenters. The number of benzene rings is 1. The molecule has 1 aromatic rings. The molecular weight excluding hydrogens is 434 g/mol. The number of piperidine rings is 1. The average Bonchev–Trinajstić information content (AvgIpc) is 3.05. The highest BCUT2D eigenvalue weighted by Gasteiger charge is 2.41. The second kappa shape index (κ2) is 8.46. The number of anilines is 1. The number of hydrogen-bond donors (Lipinski definition) is 1. The maximum absolute atomic E-state index is 12.9. The van der Waals surface area contributed by atoms with E-state index in [0.717, 1.165) is 15.7 Å². The van der Waals surface area contributed by atoms with Crippen molar-refractivity contribution in [1.82, 2.24) is 9.80 Å². The van der Waals surface area contributed by atoms with Gasteiger partial charge in [0, 0.05) is 47.7 Å². The highest BCUT2D eigenvalue weighted by atomic mass is 79.9. The van der Waals surface area contributed by atoms with Gasteiger partial charge in [0.05, 0.1) is 5.92 Å². The lowest BCUT2D eigenvalue weighted by molar-refractivity contribution is -0.138. The van der Waals surface area contributed by atoms with Gasteiger partial charge >= 0.3 is 0 Å². The maximum Gasteiger partial charge on any atom is 0.227 e. The number of amides is 3. The second-order valence-corrected chi connectivity index (χ2v) is 10.0. The predicted molar refractivity (Wildman–Crippen MR) is 116 cm³/mol. The number of carbonyl (C=O) groups is 3. The second-order valence-electron chi connectivity index (χ2n) is 9.12. The van der Waals surface area contributed by atoms with Crippen molar-refractivity contribution in [3.8, 4) is 0 Å². The Morgan fingerprint density at radius 2 is 1.79 bits per heavy atom. The molecule has 1 atom stereocenters. The van der Waals surface area contributed by atoms with E-state index in [2.05, 4.69) is 21.2 Å². The van der Waals surface area contributed by atoms with Gasteiger partial charge in [0.1, 0.15) is 0 Å². The molecule has 2 aliphatic rings. The van der Waals surface area contributed by atoms with Gasteiger partial charge in [-0.25, -0.2) is 0 Å². The number of nitrogens with one attached hydrogen (secondary N) is 1. The fourth-order valence-corrected chi connectivity index (χ4v) is 4.62. The molecule has 1 aromatic carbocycles. The zero-order valence-electron chi connectivity index (χ0n) is 17.6. The Morgan fingerprint density at radius 1 is 1.14 bits per heavy atom. The van der Waals surface area contributed by atoms with E-state index >= 15 is 0 Å². The van der Waals surface area contributed by atoms with Crippen LogP contribution in [0.25, 0.3) is 0 Å². The summed E-state index contributed by atoms with van der Waals surface area (Å²) >= 11 is 3.43. The van der Waals surface area contributed by atoms with Crippen molar-refractivity contribution in [2.75, 3.05) is 25.0 Å². The molecule has 29 heavy (non-hydrogen) atoms. The van der Waals surface area contributed by atoms with Crippen molar-refractivity contribution in [3.63, 3.8) is 0 Å². The third-order valence-electron chi connectivity index (χ3n) is 5.91. The van der Waals surface area contributed by atoms with E-state index in [0.29, 0.717) is 38.9 Å². The Hall–Kier alpha value is -1.89. The van der Waals surface area contributed by atoms with Crippen LogP contribution < -0.4 is 5.32 Å². The summed E-state index contributed by atoms with van der Waals surface area (Å²) in [5.41, 5.74) is 1.57. The predicted octanol–water partition coefficient (Wildman–Crippen LogP) is 3.58. The van der Waals surface area contributed by atoms with Crippen molar-refractivity contribution < 1.29 is 14.4 Å². The first-order chi connectivity index (χ1) is 13.6. The number of halogens is 1. The van der Waals surface area contributed by atoms with E-state index in [1.165, 1.54) is 0 Å². The van der Waals surface area contributed by atoms with E-state index in [-0.39, 0.29) is 35.1 Å². The summed E-state index contributed by atoms with van der Waals surface area (Å²) < 4.78 is 0.982. The number of nitrogens with zero attached hydrogens (tertiary/aromatic N) is 2. The lowest BCUT2D eigenvalue weighted by Gasteiger charge is -2.34. The lowest BCUT2D eigenvalue weighted by atomic mass is 9.94. The Morgan fingerprint density at radius 3 is 2.34 bits per heavy atom. The standard InChI is InChI=1S/C22H30BrN3O3/c1-14-11-17(23)5-6-18(14)24-20(28)15-7-9-25(10-8-15)21(29)16-12-19(27)26(13-16)22(2,3)4/h5-6,11,15-16H,7-10,12-13H2,1-4H3,(H,24,28). The van der Waals surface area contributed by atoms with Gasteiger partial charge in [-0.2, -0.15) is 0 Å². The topological polar surface area (TPSA) is 69.7 Å². The van der Waals surface area contributed by atoms with Crippen LogP contribution in [0.5, 0.6) is 0 Å². The summed E-state index contributed by atoms with van der Waals surface area (Å²) in [6.45, 7) is 9.57. The van der Waals surface area contributed by atoms with Crippen LogP contribution in [0.3, 0.4) is 0 Å². The molecule has 2 fully saturated rings. The first kappa shape index (κ1) is 21.8. The SMILES string of the molecule is Cc1cc(Br)ccc1NC(=O)C1CCN(C(=O)C2CC(=O)N(C(C)(C)C)C2)CC1. The smallest absolute Gasteiger partial charge is 0.227 e. The Labute approximate surface area is 181 Å². The van der Waals surface area contributed by atoms with E-state index in [4.69, 9.17) is 0 Å². The van der Waals surface area contributed by atoms with Crippen LogP contribution in [0, 0.1) is 18.8 Å². The van der Waals surface area contributed by atoms with Gasteiger partial charge in [-0.05, 0) is 64.3 Å². The summed E-state index contributed by atoms with van der Waals surface area (Å²) in [4.78, 5) is 41.5. The van der Waals surface area contributed by atoms with Crippen LogP contribution in [0.15, 0.2) is 22.7 Å². The number of aryl methyl sites for hydroxylation is 1. The third kappa shape index (κ3) is 5.00. The van der Waals surface area contributed by atoms with Crippen molar-refractivity contribution in [3.05, 3.63) is 28.2 Å². The molecule has 2 saturated heterocycles. The molecule has 2 aliphatic heterocycles. The van der Waals surface area contributed by atoms with Crippen LogP contribution >= 0.6 is 15.9 Å². The minimum atomic E-state index is -0.266. The van der Waals surface area contributed by atoms with E-state index < -0.39 is 0 Å². The minimum Gasteiger partial charge on any atom is -0.342 e. The summed E-state index contributed by atoms with van der Waals surface area (Å²) in [5.74, 6) is -0.254. The molecule has 0 aliphatic carbocycles. The number of rotatable bonds is 3. The lowest BCUT2D eigenvalue weighted by Crippen LogP contribution is -2.46. The fourth-order valence-electron chi connectivity index (χ4n) is 4.14. The Bertz CT molecular complexity index is 810. The summed E-state index contributed by atoms with van der Waals surface area (Å²) in [7, 11) is 0. The monoisotopic (exact) mass is 463 g/mol. The molecule has 158 valence electrons. The van der Waals surface area contributed by atoms with Gasteiger partial charge in [-0.3, -0.25) is 14.4 Å². The largest absolute Gasteiger partial charge is 0.342 e. The van der Waals surface area contributed by atoms with Crippen LogP contribution in [0.4, 0.5) is 5.69 Å². The molecule has 0 saturated carbocycles.